The van der Waals surface area contributed by atoms with Gasteiger partial charge in [-0.2, -0.15) is 5.10 Å². The summed E-state index contributed by atoms with van der Waals surface area (Å²) < 4.78 is 0. The number of amides is 1. The van der Waals surface area contributed by atoms with E-state index >= 15 is 0 Å². The second-order valence-corrected chi connectivity index (χ2v) is 3.42. The van der Waals surface area contributed by atoms with Gasteiger partial charge in [0.2, 0.25) is 5.91 Å². The molecule has 1 aromatic carbocycles. The summed E-state index contributed by atoms with van der Waals surface area (Å²) in [6.45, 7) is 0.195. The number of anilines is 2. The van der Waals surface area contributed by atoms with Gasteiger partial charge in [-0.05, 0) is 12.1 Å². The van der Waals surface area contributed by atoms with Gasteiger partial charge in [-0.25, -0.2) is 0 Å². The maximum absolute atomic E-state index is 11.1. The zero-order valence-electron chi connectivity index (χ0n) is 8.87. The number of nitrogens with two attached hydrogens (primary N) is 1. The van der Waals surface area contributed by atoms with E-state index in [1.165, 1.54) is 0 Å². The van der Waals surface area contributed by atoms with Crippen molar-refractivity contribution in [2.75, 3.05) is 24.6 Å². The molecule has 6 heteroatoms. The molecule has 0 saturated heterocycles. The molecule has 0 aliphatic heterocycles. The molecule has 0 aliphatic carbocycles. The molecule has 84 valence electrons. The summed E-state index contributed by atoms with van der Waals surface area (Å²) >= 11 is 0. The highest BCUT2D eigenvalue weighted by molar-refractivity contribution is 5.90. The molecule has 0 spiro atoms. The fraction of sp³-hybridized carbons (Fsp3) is 0.200. The molecule has 2 aromatic rings. The van der Waals surface area contributed by atoms with Gasteiger partial charge in [0, 0.05) is 12.4 Å². The number of fused-ring (bicyclic) bond motifs is 1. The summed E-state index contributed by atoms with van der Waals surface area (Å²) in [5, 5.41) is 13.2. The standard InChI is InChI=1S/C10H13N5O/c1-12-10(16)5-13-9-3-8-6(2-7(9)11)4-14-15-8/h2-4,13H,5,11H2,1H3,(H,12,16)(H,14,15). The Morgan fingerprint density at radius 3 is 3.12 bits per heavy atom. The number of carbonyl (C=O) groups is 1. The van der Waals surface area contributed by atoms with Crippen molar-refractivity contribution in [3.8, 4) is 0 Å². The molecule has 6 nitrogen and oxygen atoms in total. The van der Waals surface area contributed by atoms with Gasteiger partial charge in [0.15, 0.2) is 0 Å². The number of hydrogen-bond donors (Lipinski definition) is 4. The number of hydrogen-bond acceptors (Lipinski definition) is 4. The Labute approximate surface area is 92.2 Å². The van der Waals surface area contributed by atoms with Crippen molar-refractivity contribution in [3.05, 3.63) is 18.3 Å². The average molecular weight is 219 g/mol. The average Bonchev–Trinajstić information content (AvgIpc) is 2.72. The minimum absolute atomic E-state index is 0.0934. The zero-order chi connectivity index (χ0) is 11.5. The van der Waals surface area contributed by atoms with E-state index < -0.39 is 0 Å². The molecular weight excluding hydrogens is 206 g/mol. The monoisotopic (exact) mass is 219 g/mol. The Kier molecular flexibility index (Phi) is 2.63. The molecule has 0 atom stereocenters. The minimum atomic E-state index is -0.0934. The molecular formula is C10H13N5O. The van der Waals surface area contributed by atoms with E-state index in [0.717, 1.165) is 16.6 Å². The van der Waals surface area contributed by atoms with Gasteiger partial charge >= 0.3 is 0 Å². The third-order valence-corrected chi connectivity index (χ3v) is 2.33. The molecule has 0 radical (unpaired) electrons. The van der Waals surface area contributed by atoms with Crippen LogP contribution in [0, 0.1) is 0 Å². The Bertz CT molecular complexity index is 519. The predicted molar refractivity (Wildman–Crippen MR) is 63.1 cm³/mol. The molecule has 0 bridgehead atoms. The quantitative estimate of drug-likeness (QED) is 0.558. The van der Waals surface area contributed by atoms with Crippen molar-refractivity contribution in [1.82, 2.24) is 15.5 Å². The van der Waals surface area contributed by atoms with Crippen LogP contribution in [0.15, 0.2) is 18.3 Å². The molecule has 0 unspecified atom stereocenters. The number of rotatable bonds is 3. The lowest BCUT2D eigenvalue weighted by atomic mass is 10.2. The fourth-order valence-corrected chi connectivity index (χ4v) is 1.43. The lowest BCUT2D eigenvalue weighted by Crippen LogP contribution is -2.26. The van der Waals surface area contributed by atoms with Gasteiger partial charge in [0.05, 0.1) is 29.6 Å². The van der Waals surface area contributed by atoms with Gasteiger partial charge in [-0.3, -0.25) is 9.89 Å². The van der Waals surface area contributed by atoms with Gasteiger partial charge < -0.3 is 16.4 Å². The second-order valence-electron chi connectivity index (χ2n) is 3.42. The summed E-state index contributed by atoms with van der Waals surface area (Å²) in [5.74, 6) is -0.0934. The molecule has 2 rings (SSSR count). The molecule has 0 aliphatic rings. The lowest BCUT2D eigenvalue weighted by molar-refractivity contribution is -0.118. The van der Waals surface area contributed by atoms with Crippen LogP contribution in [0.5, 0.6) is 0 Å². The smallest absolute Gasteiger partial charge is 0.239 e. The molecule has 1 aromatic heterocycles. The van der Waals surface area contributed by atoms with Crippen molar-refractivity contribution in [3.63, 3.8) is 0 Å². The first-order valence-electron chi connectivity index (χ1n) is 4.88. The summed E-state index contributed by atoms with van der Waals surface area (Å²) in [6, 6.07) is 3.64. The third-order valence-electron chi connectivity index (χ3n) is 2.33. The third kappa shape index (κ3) is 1.90. The van der Waals surface area contributed by atoms with Crippen LogP contribution in [0.25, 0.3) is 10.9 Å². The van der Waals surface area contributed by atoms with Crippen molar-refractivity contribution in [1.29, 1.82) is 0 Å². The van der Waals surface area contributed by atoms with Gasteiger partial charge in [-0.1, -0.05) is 0 Å². The van der Waals surface area contributed by atoms with Crippen LogP contribution >= 0.6 is 0 Å². The molecule has 0 saturated carbocycles. The number of likely N-dealkylation sites (N-methyl/N-ethyl adjacent to an activating group) is 1. The number of aromatic nitrogens is 2. The van der Waals surface area contributed by atoms with Crippen LogP contribution in [0.3, 0.4) is 0 Å². The van der Waals surface area contributed by atoms with E-state index in [-0.39, 0.29) is 12.5 Å². The van der Waals surface area contributed by atoms with Crippen LogP contribution in [-0.2, 0) is 4.79 Å². The molecule has 16 heavy (non-hydrogen) atoms. The van der Waals surface area contributed by atoms with E-state index in [1.807, 2.05) is 12.1 Å². The Morgan fingerprint density at radius 1 is 1.56 bits per heavy atom. The lowest BCUT2D eigenvalue weighted by Gasteiger charge is -2.08. The van der Waals surface area contributed by atoms with Crippen LogP contribution in [0.2, 0.25) is 0 Å². The Morgan fingerprint density at radius 2 is 2.38 bits per heavy atom. The van der Waals surface area contributed by atoms with Crippen molar-refractivity contribution < 1.29 is 4.79 Å². The predicted octanol–water partition coefficient (Wildman–Crippen LogP) is 0.303. The highest BCUT2D eigenvalue weighted by Gasteiger charge is 2.04. The highest BCUT2D eigenvalue weighted by Crippen LogP contribution is 2.24. The number of H-pyrrole nitrogens is 1. The molecule has 0 fully saturated rings. The number of benzene rings is 1. The normalized spacial score (nSPS) is 10.3. The molecule has 1 amide bonds. The number of nitrogen functional groups attached to an aromatic ring is 1. The van der Waals surface area contributed by atoms with E-state index in [9.17, 15) is 4.79 Å². The summed E-state index contributed by atoms with van der Waals surface area (Å²) in [6.07, 6.45) is 1.70. The maximum atomic E-state index is 11.1. The van der Waals surface area contributed by atoms with E-state index in [1.54, 1.807) is 13.2 Å². The Balaban J connectivity index is 2.22. The van der Waals surface area contributed by atoms with E-state index in [0.29, 0.717) is 5.69 Å². The first-order valence-corrected chi connectivity index (χ1v) is 4.88. The molecule has 1 heterocycles. The minimum Gasteiger partial charge on any atom is -0.397 e. The van der Waals surface area contributed by atoms with Crippen LogP contribution in [0.1, 0.15) is 0 Å². The summed E-state index contributed by atoms with van der Waals surface area (Å²) in [5.41, 5.74) is 8.04. The Hall–Kier alpha value is -2.24. The first kappa shape index (κ1) is 10.3. The van der Waals surface area contributed by atoms with Crippen molar-refractivity contribution in [2.45, 2.75) is 0 Å². The number of aromatic amines is 1. The van der Waals surface area contributed by atoms with Crippen molar-refractivity contribution in [2.24, 2.45) is 0 Å². The van der Waals surface area contributed by atoms with E-state index in [4.69, 9.17) is 5.73 Å². The topological polar surface area (TPSA) is 95.8 Å². The van der Waals surface area contributed by atoms with Crippen LogP contribution in [-0.4, -0.2) is 29.7 Å². The molecule has 5 N–H and O–H groups in total. The van der Waals surface area contributed by atoms with Crippen molar-refractivity contribution >= 4 is 28.2 Å². The number of nitrogens with one attached hydrogen (secondary N) is 3. The van der Waals surface area contributed by atoms with Crippen LogP contribution in [0.4, 0.5) is 11.4 Å². The van der Waals surface area contributed by atoms with Crippen LogP contribution < -0.4 is 16.4 Å². The van der Waals surface area contributed by atoms with E-state index in [2.05, 4.69) is 20.8 Å². The van der Waals surface area contributed by atoms with Gasteiger partial charge in [0.25, 0.3) is 0 Å². The van der Waals surface area contributed by atoms with Gasteiger partial charge in [-0.15, -0.1) is 0 Å². The summed E-state index contributed by atoms with van der Waals surface area (Å²) in [4.78, 5) is 11.1. The zero-order valence-corrected chi connectivity index (χ0v) is 8.87. The first-order chi connectivity index (χ1) is 7.70. The SMILES string of the molecule is CNC(=O)CNc1cc2[nH]ncc2cc1N. The summed E-state index contributed by atoms with van der Waals surface area (Å²) in [7, 11) is 1.59. The van der Waals surface area contributed by atoms with Gasteiger partial charge in [0.1, 0.15) is 0 Å². The highest BCUT2D eigenvalue weighted by atomic mass is 16.1. The largest absolute Gasteiger partial charge is 0.397 e. The number of carbonyl (C=O) groups excluding carboxylic acids is 1. The second kappa shape index (κ2) is 4.09. The number of nitrogens with zero attached hydrogens (tertiary/aromatic N) is 1. The maximum Gasteiger partial charge on any atom is 0.239 e. The fourth-order valence-electron chi connectivity index (χ4n) is 1.43.